The summed E-state index contributed by atoms with van der Waals surface area (Å²) >= 11 is 0.640. The molecule has 1 aliphatic rings. The Morgan fingerprint density at radius 3 is 2.44 bits per heavy atom. The van der Waals surface area contributed by atoms with Gasteiger partial charge in [-0.2, -0.15) is 0 Å². The van der Waals surface area contributed by atoms with E-state index in [0.717, 1.165) is 5.56 Å². The largest absolute Gasteiger partial charge is 0.494 e. The maximum Gasteiger partial charge on any atom is 0.291 e. The number of methoxy groups -OCH3 is 1. The standard InChI is InChI=1S/C11H9NO3S/c1-15-9(7-5-3-2-4-6-7)8-10(13)16-11(14)12-8/h2-6H,1H3,(H,12,14). The van der Waals surface area contributed by atoms with Gasteiger partial charge >= 0.3 is 0 Å². The molecule has 1 fully saturated rings. The summed E-state index contributed by atoms with van der Waals surface area (Å²) < 4.78 is 5.17. The predicted octanol–water partition coefficient (Wildman–Crippen LogP) is 1.98. The molecular formula is C11H9NO3S. The molecule has 0 saturated carbocycles. The van der Waals surface area contributed by atoms with E-state index < -0.39 is 0 Å². The SMILES string of the molecule is COC(=C1NC(=O)SC1=O)c1ccccc1. The summed E-state index contributed by atoms with van der Waals surface area (Å²) in [5.41, 5.74) is 0.972. The van der Waals surface area contributed by atoms with Crippen LogP contribution in [0.4, 0.5) is 4.79 Å². The quantitative estimate of drug-likeness (QED) is 0.629. The van der Waals surface area contributed by atoms with Gasteiger partial charge in [-0.3, -0.25) is 9.59 Å². The Morgan fingerprint density at radius 1 is 1.25 bits per heavy atom. The van der Waals surface area contributed by atoms with Crippen LogP contribution in [-0.2, 0) is 9.53 Å². The van der Waals surface area contributed by atoms with Crippen LogP contribution in [0.25, 0.3) is 5.76 Å². The molecule has 1 aromatic rings. The zero-order chi connectivity index (χ0) is 11.5. The number of benzene rings is 1. The van der Waals surface area contributed by atoms with Crippen molar-refractivity contribution in [3.8, 4) is 0 Å². The topological polar surface area (TPSA) is 55.4 Å². The zero-order valence-electron chi connectivity index (χ0n) is 8.52. The van der Waals surface area contributed by atoms with Gasteiger partial charge in [-0.15, -0.1) is 0 Å². The van der Waals surface area contributed by atoms with Crippen molar-refractivity contribution in [3.05, 3.63) is 41.6 Å². The lowest BCUT2D eigenvalue weighted by Crippen LogP contribution is -2.13. The Bertz CT molecular complexity index is 467. The van der Waals surface area contributed by atoms with Crippen LogP contribution in [-0.4, -0.2) is 17.5 Å². The minimum atomic E-state index is -0.370. The van der Waals surface area contributed by atoms with Gasteiger partial charge in [0.05, 0.1) is 7.11 Å². The average molecular weight is 235 g/mol. The molecule has 0 aliphatic carbocycles. The third-order valence-corrected chi connectivity index (χ3v) is 2.76. The van der Waals surface area contributed by atoms with Gasteiger partial charge in [0, 0.05) is 17.3 Å². The van der Waals surface area contributed by atoms with E-state index in [9.17, 15) is 9.59 Å². The monoisotopic (exact) mass is 235 g/mol. The molecular weight excluding hydrogens is 226 g/mol. The lowest BCUT2D eigenvalue weighted by molar-refractivity contribution is -0.107. The van der Waals surface area contributed by atoms with Gasteiger partial charge < -0.3 is 10.1 Å². The molecule has 0 spiro atoms. The van der Waals surface area contributed by atoms with Crippen LogP contribution in [0.2, 0.25) is 0 Å². The molecule has 4 nitrogen and oxygen atoms in total. The van der Waals surface area contributed by atoms with E-state index in [2.05, 4.69) is 5.32 Å². The van der Waals surface area contributed by atoms with Gasteiger partial charge in [0.25, 0.3) is 5.24 Å². The van der Waals surface area contributed by atoms with Crippen LogP contribution >= 0.6 is 11.8 Å². The van der Waals surface area contributed by atoms with Crippen LogP contribution in [0.15, 0.2) is 36.0 Å². The molecule has 1 aromatic carbocycles. The molecule has 1 amide bonds. The van der Waals surface area contributed by atoms with E-state index >= 15 is 0 Å². The van der Waals surface area contributed by atoms with Crippen LogP contribution in [0.1, 0.15) is 5.56 Å². The second kappa shape index (κ2) is 4.40. The van der Waals surface area contributed by atoms with Crippen molar-refractivity contribution in [2.75, 3.05) is 7.11 Å². The number of hydrogen-bond donors (Lipinski definition) is 1. The van der Waals surface area contributed by atoms with Crippen LogP contribution in [0.5, 0.6) is 0 Å². The molecule has 0 bridgehead atoms. The second-order valence-corrected chi connectivity index (χ2v) is 4.02. The number of rotatable bonds is 2. The second-order valence-electron chi connectivity index (χ2n) is 3.08. The highest BCUT2D eigenvalue weighted by molar-refractivity contribution is 8.27. The number of carbonyl (C=O) groups excluding carboxylic acids is 2. The number of carbonyl (C=O) groups is 2. The first-order valence-electron chi connectivity index (χ1n) is 4.59. The van der Waals surface area contributed by atoms with Gasteiger partial charge in [0.1, 0.15) is 5.70 Å². The Balaban J connectivity index is 2.47. The van der Waals surface area contributed by atoms with Gasteiger partial charge in [0.15, 0.2) is 5.76 Å². The van der Waals surface area contributed by atoms with E-state index in [4.69, 9.17) is 4.74 Å². The fourth-order valence-corrected chi connectivity index (χ4v) is 1.98. The third kappa shape index (κ3) is 1.94. The Hall–Kier alpha value is -1.75. The highest BCUT2D eigenvalue weighted by Gasteiger charge is 2.29. The summed E-state index contributed by atoms with van der Waals surface area (Å²) in [7, 11) is 1.47. The van der Waals surface area contributed by atoms with E-state index in [1.54, 1.807) is 0 Å². The predicted molar refractivity (Wildman–Crippen MR) is 61.5 cm³/mol. The van der Waals surface area contributed by atoms with Crippen molar-refractivity contribution in [3.63, 3.8) is 0 Å². The molecule has 1 N–H and O–H groups in total. The molecule has 16 heavy (non-hydrogen) atoms. The first kappa shape index (κ1) is 10.8. The van der Waals surface area contributed by atoms with Crippen molar-refractivity contribution in [1.29, 1.82) is 0 Å². The molecule has 0 radical (unpaired) electrons. The molecule has 1 aliphatic heterocycles. The normalized spacial score (nSPS) is 18.3. The summed E-state index contributed by atoms with van der Waals surface area (Å²) in [4.78, 5) is 22.6. The lowest BCUT2D eigenvalue weighted by atomic mass is 10.1. The van der Waals surface area contributed by atoms with Crippen LogP contribution < -0.4 is 5.32 Å². The highest BCUT2D eigenvalue weighted by Crippen LogP contribution is 2.26. The Labute approximate surface area is 96.7 Å². The first-order valence-corrected chi connectivity index (χ1v) is 5.41. The summed E-state index contributed by atoms with van der Waals surface area (Å²) in [5, 5.41) is 1.80. The van der Waals surface area contributed by atoms with E-state index in [0.29, 0.717) is 17.5 Å². The van der Waals surface area contributed by atoms with Crippen LogP contribution in [0, 0.1) is 0 Å². The summed E-state index contributed by atoms with van der Waals surface area (Å²) in [5.74, 6) is 0.393. The number of amides is 1. The molecule has 1 saturated heterocycles. The van der Waals surface area contributed by atoms with Crippen molar-refractivity contribution in [1.82, 2.24) is 5.32 Å². The van der Waals surface area contributed by atoms with Gasteiger partial charge in [0.2, 0.25) is 5.12 Å². The highest BCUT2D eigenvalue weighted by atomic mass is 32.2. The van der Waals surface area contributed by atoms with Gasteiger partial charge in [-0.25, -0.2) is 0 Å². The maximum absolute atomic E-state index is 11.5. The summed E-state index contributed by atoms with van der Waals surface area (Å²) in [6.07, 6.45) is 0. The molecule has 5 heteroatoms. The van der Waals surface area contributed by atoms with E-state index in [1.807, 2.05) is 30.3 Å². The van der Waals surface area contributed by atoms with Gasteiger partial charge in [-0.1, -0.05) is 30.3 Å². The van der Waals surface area contributed by atoms with Crippen molar-refractivity contribution < 1.29 is 14.3 Å². The van der Waals surface area contributed by atoms with E-state index in [-0.39, 0.29) is 16.1 Å². The van der Waals surface area contributed by atoms with Crippen molar-refractivity contribution in [2.24, 2.45) is 0 Å². The van der Waals surface area contributed by atoms with Crippen molar-refractivity contribution >= 4 is 27.9 Å². The molecule has 82 valence electrons. The van der Waals surface area contributed by atoms with Crippen molar-refractivity contribution in [2.45, 2.75) is 0 Å². The fourth-order valence-electron chi connectivity index (χ4n) is 1.42. The number of thioether (sulfide) groups is 1. The summed E-state index contributed by atoms with van der Waals surface area (Å²) in [6.45, 7) is 0. The minimum Gasteiger partial charge on any atom is -0.494 e. The maximum atomic E-state index is 11.5. The molecule has 1 heterocycles. The average Bonchev–Trinajstić information content (AvgIpc) is 2.61. The Morgan fingerprint density at radius 2 is 1.94 bits per heavy atom. The van der Waals surface area contributed by atoms with Gasteiger partial charge in [-0.05, 0) is 0 Å². The van der Waals surface area contributed by atoms with E-state index in [1.165, 1.54) is 7.11 Å². The molecule has 2 rings (SSSR count). The molecule has 0 atom stereocenters. The number of ether oxygens (including phenoxy) is 1. The first-order chi connectivity index (χ1) is 7.72. The molecule has 0 unspecified atom stereocenters. The minimum absolute atomic E-state index is 0.212. The fraction of sp³-hybridized carbons (Fsp3) is 0.0909. The zero-order valence-corrected chi connectivity index (χ0v) is 9.34. The smallest absolute Gasteiger partial charge is 0.291 e. The van der Waals surface area contributed by atoms with Crippen LogP contribution in [0.3, 0.4) is 0 Å². The number of nitrogens with one attached hydrogen (secondary N) is 1. The summed E-state index contributed by atoms with van der Waals surface area (Å²) in [6, 6.07) is 9.17. The molecule has 0 aromatic heterocycles. The lowest BCUT2D eigenvalue weighted by Gasteiger charge is -2.08. The third-order valence-electron chi connectivity index (χ3n) is 2.08. The number of hydrogen-bond acceptors (Lipinski definition) is 4. The Kier molecular flexibility index (Phi) is 2.96.